The van der Waals surface area contributed by atoms with Crippen molar-refractivity contribution >= 4 is 34.7 Å². The van der Waals surface area contributed by atoms with Crippen LogP contribution in [0.5, 0.6) is 0 Å². The molecule has 3 heterocycles. The van der Waals surface area contributed by atoms with Gasteiger partial charge in [0.1, 0.15) is 11.6 Å². The summed E-state index contributed by atoms with van der Waals surface area (Å²) in [5.41, 5.74) is 1.31. The molecule has 0 saturated carbocycles. The van der Waals surface area contributed by atoms with Crippen LogP contribution >= 0.6 is 11.3 Å². The van der Waals surface area contributed by atoms with Crippen molar-refractivity contribution in [1.82, 2.24) is 19.7 Å². The minimum atomic E-state index is -0.550. The molecule has 5 aromatic rings. The van der Waals surface area contributed by atoms with E-state index in [2.05, 4.69) is 25.7 Å². The summed E-state index contributed by atoms with van der Waals surface area (Å²) >= 11 is 1.44. The van der Waals surface area contributed by atoms with Crippen LogP contribution in [0.1, 0.15) is 21.0 Å². The van der Waals surface area contributed by atoms with E-state index in [0.29, 0.717) is 28.6 Å². The number of carbonyl (C=O) groups excluding carboxylic acids is 2. The van der Waals surface area contributed by atoms with Crippen LogP contribution in [-0.2, 0) is 0 Å². The van der Waals surface area contributed by atoms with Crippen molar-refractivity contribution < 1.29 is 14.0 Å². The molecule has 0 aliphatic rings. The van der Waals surface area contributed by atoms with Gasteiger partial charge in [-0.25, -0.2) is 19.0 Å². The Kier molecular flexibility index (Phi) is 6.10. The number of halogens is 1. The van der Waals surface area contributed by atoms with Gasteiger partial charge >= 0.3 is 0 Å². The minimum Gasteiger partial charge on any atom is -0.319 e. The highest BCUT2D eigenvalue weighted by molar-refractivity contribution is 7.13. The van der Waals surface area contributed by atoms with Gasteiger partial charge in [0.25, 0.3) is 11.8 Å². The second-order valence-electron chi connectivity index (χ2n) is 7.33. The summed E-state index contributed by atoms with van der Waals surface area (Å²) in [5.74, 6) is -0.481. The number of anilines is 2. The molecule has 0 aliphatic carbocycles. The Bertz CT molecular complexity index is 1480. The number of nitrogens with zero attached hydrogens (tertiary/aromatic N) is 4. The molecule has 3 aromatic heterocycles. The first-order valence-corrected chi connectivity index (χ1v) is 11.4. The van der Waals surface area contributed by atoms with Gasteiger partial charge in [-0.1, -0.05) is 18.2 Å². The van der Waals surface area contributed by atoms with Gasteiger partial charge in [0.05, 0.1) is 10.6 Å². The van der Waals surface area contributed by atoms with Crippen LogP contribution in [0.2, 0.25) is 0 Å². The van der Waals surface area contributed by atoms with Gasteiger partial charge in [0, 0.05) is 17.4 Å². The van der Waals surface area contributed by atoms with Crippen LogP contribution in [0.15, 0.2) is 90.4 Å². The third-order valence-corrected chi connectivity index (χ3v) is 5.78. The van der Waals surface area contributed by atoms with Gasteiger partial charge in [-0.15, -0.1) is 16.4 Å². The fourth-order valence-electron chi connectivity index (χ4n) is 3.29. The van der Waals surface area contributed by atoms with Crippen LogP contribution in [0.4, 0.5) is 15.9 Å². The first kappa shape index (κ1) is 22.1. The Balaban J connectivity index is 1.39. The molecular weight excluding hydrogens is 467 g/mol. The van der Waals surface area contributed by atoms with Gasteiger partial charge < -0.3 is 10.6 Å². The van der Waals surface area contributed by atoms with Crippen LogP contribution in [0.3, 0.4) is 0 Å². The number of carbonyl (C=O) groups is 2. The molecule has 0 radical (unpaired) electrons. The predicted octanol–water partition coefficient (Wildman–Crippen LogP) is 5.03. The second kappa shape index (κ2) is 9.65. The predicted molar refractivity (Wildman–Crippen MR) is 131 cm³/mol. The zero-order valence-corrected chi connectivity index (χ0v) is 18.9. The molecule has 172 valence electrons. The molecule has 0 saturated heterocycles. The van der Waals surface area contributed by atoms with Gasteiger partial charge in [0.15, 0.2) is 5.82 Å². The highest BCUT2D eigenvalue weighted by Gasteiger charge is 2.20. The molecule has 2 amide bonds. The van der Waals surface area contributed by atoms with Crippen LogP contribution in [-0.4, -0.2) is 31.6 Å². The van der Waals surface area contributed by atoms with E-state index in [4.69, 9.17) is 0 Å². The van der Waals surface area contributed by atoms with E-state index >= 15 is 0 Å². The molecule has 0 spiro atoms. The second-order valence-corrected chi connectivity index (χ2v) is 8.28. The van der Waals surface area contributed by atoms with E-state index in [0.717, 1.165) is 4.88 Å². The molecule has 2 N–H and O–H groups in total. The van der Waals surface area contributed by atoms with Crippen LogP contribution in [0.25, 0.3) is 16.4 Å². The molecule has 0 bridgehead atoms. The zero-order chi connectivity index (χ0) is 24.2. The van der Waals surface area contributed by atoms with Gasteiger partial charge in [-0.2, -0.15) is 0 Å². The molecule has 8 nitrogen and oxygen atoms in total. The van der Waals surface area contributed by atoms with Gasteiger partial charge in [-0.05, 0) is 66.0 Å². The fraction of sp³-hybridized carbons (Fsp3) is 0. The number of aromatic nitrogens is 4. The summed E-state index contributed by atoms with van der Waals surface area (Å²) < 4.78 is 14.9. The SMILES string of the molecule is O=C(Nc1ccccn1)c1cccc(NC(=O)c2nc(-c3cccs3)n(-c3ccc(F)cc3)n2)c1. The zero-order valence-electron chi connectivity index (χ0n) is 18.1. The van der Waals surface area contributed by atoms with Crippen molar-refractivity contribution in [3.63, 3.8) is 0 Å². The monoisotopic (exact) mass is 484 g/mol. The molecule has 2 aromatic carbocycles. The summed E-state index contributed by atoms with van der Waals surface area (Å²) in [7, 11) is 0. The molecule has 10 heteroatoms. The lowest BCUT2D eigenvalue weighted by atomic mass is 10.2. The minimum absolute atomic E-state index is 0.0685. The van der Waals surface area contributed by atoms with Crippen molar-refractivity contribution in [2.24, 2.45) is 0 Å². The first-order valence-electron chi connectivity index (χ1n) is 10.5. The first-order chi connectivity index (χ1) is 17.1. The molecule has 5 rings (SSSR count). The largest absolute Gasteiger partial charge is 0.319 e. The van der Waals surface area contributed by atoms with Crippen molar-refractivity contribution in [3.05, 3.63) is 108 Å². The number of rotatable bonds is 6. The van der Waals surface area contributed by atoms with E-state index < -0.39 is 5.91 Å². The van der Waals surface area contributed by atoms with E-state index in [-0.39, 0.29) is 17.5 Å². The summed E-state index contributed by atoms with van der Waals surface area (Å²) in [6.45, 7) is 0. The average Bonchev–Trinajstić information content (AvgIpc) is 3.56. The lowest BCUT2D eigenvalue weighted by Gasteiger charge is -2.07. The molecule has 0 unspecified atom stereocenters. The highest BCUT2D eigenvalue weighted by Crippen LogP contribution is 2.26. The summed E-state index contributed by atoms with van der Waals surface area (Å²) in [4.78, 5) is 34.9. The maximum atomic E-state index is 13.4. The standard InChI is InChI=1S/C25H17FN6O2S/c26-17-9-11-19(12-10-17)32-23(20-7-4-14-35-20)30-22(31-32)25(34)28-18-6-3-5-16(15-18)24(33)29-21-8-1-2-13-27-21/h1-15H,(H,28,34)(H,27,29,33). The Morgan fingerprint density at radius 1 is 0.886 bits per heavy atom. The van der Waals surface area contributed by atoms with Crippen molar-refractivity contribution in [2.75, 3.05) is 10.6 Å². The Labute approximate surface area is 203 Å². The molecule has 0 fully saturated rings. The Morgan fingerprint density at radius 3 is 2.49 bits per heavy atom. The van der Waals surface area contributed by atoms with E-state index in [1.807, 2.05) is 17.5 Å². The topological polar surface area (TPSA) is 102 Å². The Morgan fingerprint density at radius 2 is 1.74 bits per heavy atom. The summed E-state index contributed by atoms with van der Waals surface area (Å²) in [6, 6.07) is 21.2. The van der Waals surface area contributed by atoms with E-state index in [1.54, 1.807) is 60.8 Å². The number of thiophene rings is 1. The smallest absolute Gasteiger partial charge is 0.295 e. The normalized spacial score (nSPS) is 10.7. The maximum Gasteiger partial charge on any atom is 0.295 e. The molecule has 35 heavy (non-hydrogen) atoms. The third-order valence-electron chi connectivity index (χ3n) is 4.91. The number of nitrogens with one attached hydrogen (secondary N) is 2. The van der Waals surface area contributed by atoms with E-state index in [1.165, 1.54) is 28.2 Å². The number of hydrogen-bond acceptors (Lipinski definition) is 6. The van der Waals surface area contributed by atoms with Crippen LogP contribution < -0.4 is 10.6 Å². The number of benzene rings is 2. The highest BCUT2D eigenvalue weighted by atomic mass is 32.1. The quantitative estimate of drug-likeness (QED) is 0.352. The summed E-state index contributed by atoms with van der Waals surface area (Å²) in [5, 5.41) is 11.7. The molecule has 0 aliphatic heterocycles. The lowest BCUT2D eigenvalue weighted by Crippen LogP contribution is -2.16. The fourth-order valence-corrected chi connectivity index (χ4v) is 3.98. The van der Waals surface area contributed by atoms with Crippen molar-refractivity contribution in [1.29, 1.82) is 0 Å². The number of amides is 2. The molecular formula is C25H17FN6O2S. The van der Waals surface area contributed by atoms with Crippen molar-refractivity contribution in [2.45, 2.75) is 0 Å². The Hall–Kier alpha value is -4.70. The van der Waals surface area contributed by atoms with Crippen LogP contribution in [0, 0.1) is 5.82 Å². The number of hydrogen-bond donors (Lipinski definition) is 2. The molecule has 0 atom stereocenters. The lowest BCUT2D eigenvalue weighted by molar-refractivity contribution is 0.101. The number of pyridine rings is 1. The summed E-state index contributed by atoms with van der Waals surface area (Å²) in [6.07, 6.45) is 1.58. The maximum absolute atomic E-state index is 13.4. The van der Waals surface area contributed by atoms with E-state index in [9.17, 15) is 14.0 Å². The van der Waals surface area contributed by atoms with Crippen molar-refractivity contribution in [3.8, 4) is 16.4 Å². The average molecular weight is 485 g/mol. The van der Waals surface area contributed by atoms with Gasteiger partial charge in [0.2, 0.25) is 5.82 Å². The van der Waals surface area contributed by atoms with Gasteiger partial charge in [-0.3, -0.25) is 9.59 Å². The third kappa shape index (κ3) is 4.97.